The van der Waals surface area contributed by atoms with Gasteiger partial charge in [0.25, 0.3) is 5.56 Å². The number of nitrogens with one attached hydrogen (secondary N) is 1. The Morgan fingerprint density at radius 2 is 1.70 bits per heavy atom. The van der Waals surface area contributed by atoms with Crippen LogP contribution in [0.5, 0.6) is 0 Å². The summed E-state index contributed by atoms with van der Waals surface area (Å²) in [6.07, 6.45) is 0. The van der Waals surface area contributed by atoms with Crippen LogP contribution < -0.4 is 10.9 Å². The van der Waals surface area contributed by atoms with Crippen LogP contribution >= 0.6 is 0 Å². The maximum absolute atomic E-state index is 12.4. The zero-order valence-corrected chi connectivity index (χ0v) is 16.0. The molecule has 0 spiro atoms. The number of anilines is 1. The average Bonchev–Trinajstić information content (AvgIpc) is 2.62. The topological polar surface area (TPSA) is 64.0 Å². The molecule has 1 N–H and O–H groups in total. The first-order valence-electron chi connectivity index (χ1n) is 8.86. The predicted octanol–water partition coefficient (Wildman–Crippen LogP) is 3.78. The van der Waals surface area contributed by atoms with E-state index in [1.54, 1.807) is 6.07 Å². The highest BCUT2D eigenvalue weighted by Crippen LogP contribution is 2.19. The first-order valence-corrected chi connectivity index (χ1v) is 8.86. The summed E-state index contributed by atoms with van der Waals surface area (Å²) in [5, 5.41) is 7.23. The molecule has 0 saturated carbocycles. The van der Waals surface area contributed by atoms with Gasteiger partial charge in [-0.15, -0.1) is 0 Å². The van der Waals surface area contributed by atoms with Crippen LogP contribution in [0, 0.1) is 27.7 Å². The average molecular weight is 361 g/mol. The number of carbonyl (C=O) groups is 1. The van der Waals surface area contributed by atoms with Crippen molar-refractivity contribution in [2.45, 2.75) is 34.2 Å². The molecule has 0 fully saturated rings. The number of carbonyl (C=O) groups excluding carboxylic acids is 1. The molecule has 0 unspecified atom stereocenters. The summed E-state index contributed by atoms with van der Waals surface area (Å²) in [6.45, 7) is 7.88. The van der Waals surface area contributed by atoms with E-state index in [1.807, 2.05) is 64.1 Å². The molecule has 0 aliphatic rings. The summed E-state index contributed by atoms with van der Waals surface area (Å²) in [5.74, 6) is -0.284. The minimum atomic E-state index is -0.307. The van der Waals surface area contributed by atoms with Gasteiger partial charge in [0.15, 0.2) is 0 Å². The highest BCUT2D eigenvalue weighted by Gasteiger charge is 2.10. The lowest BCUT2D eigenvalue weighted by Gasteiger charge is -2.11. The van der Waals surface area contributed by atoms with Crippen LogP contribution in [0.2, 0.25) is 0 Å². The van der Waals surface area contributed by atoms with Crippen LogP contribution in [0.4, 0.5) is 5.69 Å². The molecule has 3 rings (SSSR count). The van der Waals surface area contributed by atoms with E-state index in [4.69, 9.17) is 0 Å². The summed E-state index contributed by atoms with van der Waals surface area (Å²) in [6, 6.07) is 15.0. The fraction of sp³-hybridized carbons (Fsp3) is 0.227. The van der Waals surface area contributed by atoms with Gasteiger partial charge in [0.05, 0.1) is 5.69 Å². The molecule has 0 aliphatic carbocycles. The van der Waals surface area contributed by atoms with Crippen LogP contribution in [0.1, 0.15) is 22.3 Å². The molecule has 5 heteroatoms. The van der Waals surface area contributed by atoms with Crippen LogP contribution in [-0.2, 0) is 11.3 Å². The van der Waals surface area contributed by atoms with Crippen molar-refractivity contribution in [3.05, 3.63) is 81.1 Å². The van der Waals surface area contributed by atoms with E-state index in [1.165, 1.54) is 16.3 Å². The normalized spacial score (nSPS) is 10.7. The Kier molecular flexibility index (Phi) is 5.21. The van der Waals surface area contributed by atoms with E-state index in [9.17, 15) is 9.59 Å². The molecule has 0 aliphatic heterocycles. The van der Waals surface area contributed by atoms with Gasteiger partial charge in [-0.05, 0) is 62.6 Å². The second-order valence-corrected chi connectivity index (χ2v) is 6.88. The number of benzene rings is 2. The number of aryl methyl sites for hydroxylation is 4. The summed E-state index contributed by atoms with van der Waals surface area (Å²) >= 11 is 0. The monoisotopic (exact) mass is 361 g/mol. The van der Waals surface area contributed by atoms with Crippen molar-refractivity contribution in [1.82, 2.24) is 9.78 Å². The van der Waals surface area contributed by atoms with Crippen LogP contribution in [0.15, 0.2) is 53.3 Å². The Hall–Kier alpha value is -3.21. The largest absolute Gasteiger partial charge is 0.324 e. The van der Waals surface area contributed by atoms with E-state index in [-0.39, 0.29) is 18.0 Å². The number of hydrogen-bond acceptors (Lipinski definition) is 3. The Morgan fingerprint density at radius 1 is 0.926 bits per heavy atom. The van der Waals surface area contributed by atoms with Gasteiger partial charge in [0, 0.05) is 17.3 Å². The Labute approximate surface area is 158 Å². The third kappa shape index (κ3) is 4.31. The molecule has 2 aromatic carbocycles. The molecular formula is C22H23N3O2. The maximum Gasteiger partial charge on any atom is 0.267 e. The standard InChI is InChI=1S/C22H23N3O2/c1-14-5-8-19(17(4)11-14)23-21(26)13-25-22(27)10-9-20(24-25)18-7-6-15(2)16(3)12-18/h5-12H,13H2,1-4H3,(H,23,26). The van der Waals surface area contributed by atoms with Crippen molar-refractivity contribution >= 4 is 11.6 Å². The second-order valence-electron chi connectivity index (χ2n) is 6.88. The van der Waals surface area contributed by atoms with E-state index < -0.39 is 0 Å². The molecule has 1 heterocycles. The number of aromatic nitrogens is 2. The van der Waals surface area contributed by atoms with Gasteiger partial charge in [0.1, 0.15) is 6.54 Å². The lowest BCUT2D eigenvalue weighted by atomic mass is 10.0. The van der Waals surface area contributed by atoms with Gasteiger partial charge in [-0.1, -0.05) is 29.8 Å². The molecule has 5 nitrogen and oxygen atoms in total. The molecule has 3 aromatic rings. The molecule has 27 heavy (non-hydrogen) atoms. The van der Waals surface area contributed by atoms with Gasteiger partial charge in [-0.3, -0.25) is 9.59 Å². The van der Waals surface area contributed by atoms with Gasteiger partial charge >= 0.3 is 0 Å². The fourth-order valence-electron chi connectivity index (χ4n) is 2.90. The zero-order chi connectivity index (χ0) is 19.6. The number of rotatable bonds is 4. The van der Waals surface area contributed by atoms with Gasteiger partial charge < -0.3 is 5.32 Å². The number of nitrogens with zero attached hydrogens (tertiary/aromatic N) is 2. The lowest BCUT2D eigenvalue weighted by molar-refractivity contribution is -0.117. The third-order valence-corrected chi connectivity index (χ3v) is 4.62. The molecule has 0 radical (unpaired) electrons. The van der Waals surface area contributed by atoms with Crippen molar-refractivity contribution in [3.63, 3.8) is 0 Å². The van der Waals surface area contributed by atoms with E-state index in [2.05, 4.69) is 10.4 Å². The quantitative estimate of drug-likeness (QED) is 0.769. The highest BCUT2D eigenvalue weighted by atomic mass is 16.2. The maximum atomic E-state index is 12.4. The Balaban J connectivity index is 1.83. The predicted molar refractivity (Wildman–Crippen MR) is 108 cm³/mol. The molecule has 1 aromatic heterocycles. The first kappa shape index (κ1) is 18.6. The van der Waals surface area contributed by atoms with Crippen molar-refractivity contribution in [3.8, 4) is 11.3 Å². The van der Waals surface area contributed by atoms with E-state index >= 15 is 0 Å². The van der Waals surface area contributed by atoms with Crippen molar-refractivity contribution in [1.29, 1.82) is 0 Å². The van der Waals surface area contributed by atoms with Crippen molar-refractivity contribution in [2.75, 3.05) is 5.32 Å². The van der Waals surface area contributed by atoms with Crippen LogP contribution in [0.3, 0.4) is 0 Å². The van der Waals surface area contributed by atoms with Crippen LogP contribution in [-0.4, -0.2) is 15.7 Å². The third-order valence-electron chi connectivity index (χ3n) is 4.62. The Morgan fingerprint density at radius 3 is 2.41 bits per heavy atom. The smallest absolute Gasteiger partial charge is 0.267 e. The van der Waals surface area contributed by atoms with Gasteiger partial charge in [-0.25, -0.2) is 4.68 Å². The number of amides is 1. The van der Waals surface area contributed by atoms with Gasteiger partial charge in [0.2, 0.25) is 5.91 Å². The Bertz CT molecular complexity index is 1070. The molecular weight excluding hydrogens is 338 g/mol. The molecule has 0 bridgehead atoms. The van der Waals surface area contributed by atoms with Crippen molar-refractivity contribution < 1.29 is 4.79 Å². The van der Waals surface area contributed by atoms with E-state index in [0.717, 1.165) is 27.9 Å². The molecule has 0 atom stereocenters. The highest BCUT2D eigenvalue weighted by molar-refractivity contribution is 5.91. The summed E-state index contributed by atoms with van der Waals surface area (Å²) in [5.41, 5.74) is 6.47. The number of hydrogen-bond donors (Lipinski definition) is 1. The van der Waals surface area contributed by atoms with Crippen LogP contribution in [0.25, 0.3) is 11.3 Å². The lowest BCUT2D eigenvalue weighted by Crippen LogP contribution is -2.29. The second kappa shape index (κ2) is 7.58. The fourth-order valence-corrected chi connectivity index (χ4v) is 2.90. The minimum absolute atomic E-state index is 0.134. The molecule has 1 amide bonds. The minimum Gasteiger partial charge on any atom is -0.324 e. The SMILES string of the molecule is Cc1ccc(NC(=O)Cn2nc(-c3ccc(C)c(C)c3)ccc2=O)c(C)c1. The van der Waals surface area contributed by atoms with Gasteiger partial charge in [-0.2, -0.15) is 5.10 Å². The zero-order valence-electron chi connectivity index (χ0n) is 16.0. The van der Waals surface area contributed by atoms with Crippen molar-refractivity contribution in [2.24, 2.45) is 0 Å². The molecule has 0 saturated heterocycles. The summed E-state index contributed by atoms with van der Waals surface area (Å²) in [7, 11) is 0. The van der Waals surface area contributed by atoms with E-state index in [0.29, 0.717) is 5.69 Å². The molecule has 138 valence electrons. The summed E-state index contributed by atoms with van der Waals surface area (Å²) in [4.78, 5) is 24.6. The first-order chi connectivity index (χ1) is 12.8. The summed E-state index contributed by atoms with van der Waals surface area (Å²) < 4.78 is 1.20.